The monoisotopic (exact) mass is 468 g/mol. The number of carbonyl (C=O) groups is 3. The molecular formula is C29H24O6. The molecule has 0 amide bonds. The Labute approximate surface area is 203 Å². The molecule has 0 saturated heterocycles. The van der Waals surface area contributed by atoms with Gasteiger partial charge in [-0.1, -0.05) is 61.7 Å². The Morgan fingerprint density at radius 1 is 0.743 bits per heavy atom. The van der Waals surface area contributed by atoms with Gasteiger partial charge in [0.2, 0.25) is 0 Å². The van der Waals surface area contributed by atoms with Crippen LogP contribution in [0.1, 0.15) is 21.5 Å². The van der Waals surface area contributed by atoms with Gasteiger partial charge in [0, 0.05) is 18.6 Å². The van der Waals surface area contributed by atoms with Gasteiger partial charge in [-0.15, -0.1) is 0 Å². The first-order valence-electron chi connectivity index (χ1n) is 10.8. The lowest BCUT2D eigenvalue weighted by molar-refractivity contribution is -0.137. The molecule has 0 radical (unpaired) electrons. The van der Waals surface area contributed by atoms with Crippen molar-refractivity contribution in [1.82, 2.24) is 0 Å². The van der Waals surface area contributed by atoms with Crippen LogP contribution in [0.15, 0.2) is 104 Å². The first-order chi connectivity index (χ1) is 17.0. The summed E-state index contributed by atoms with van der Waals surface area (Å²) in [7, 11) is 0. The van der Waals surface area contributed by atoms with Crippen LogP contribution in [0.2, 0.25) is 0 Å². The van der Waals surface area contributed by atoms with Gasteiger partial charge < -0.3 is 14.2 Å². The van der Waals surface area contributed by atoms with Gasteiger partial charge in [0.15, 0.2) is 0 Å². The summed E-state index contributed by atoms with van der Waals surface area (Å²) in [4.78, 5) is 34.7. The number of carbonyl (C=O) groups excluding carboxylic acids is 3. The maximum absolute atomic E-state index is 12.3. The highest BCUT2D eigenvalue weighted by Gasteiger charge is 2.07. The van der Waals surface area contributed by atoms with Crippen molar-refractivity contribution in [2.24, 2.45) is 0 Å². The zero-order chi connectivity index (χ0) is 25.0. The van der Waals surface area contributed by atoms with E-state index in [1.165, 1.54) is 6.26 Å². The maximum atomic E-state index is 12.3. The Bertz CT molecular complexity index is 1220. The van der Waals surface area contributed by atoms with E-state index < -0.39 is 17.9 Å². The normalized spacial score (nSPS) is 10.4. The summed E-state index contributed by atoms with van der Waals surface area (Å²) >= 11 is 0. The molecule has 0 aliphatic heterocycles. The molecule has 0 aromatic heterocycles. The van der Waals surface area contributed by atoms with Crippen LogP contribution in [0, 0.1) is 0 Å². The van der Waals surface area contributed by atoms with Gasteiger partial charge >= 0.3 is 17.9 Å². The SMILES string of the molecule is C=CC(=O)OCCc1ccc(/C=C/OC(=O)c2ccc(-c3ccc(OC(=O)C=C)cc3)cc2)cc1. The van der Waals surface area contributed by atoms with Crippen LogP contribution in [-0.4, -0.2) is 24.5 Å². The van der Waals surface area contributed by atoms with Crippen LogP contribution in [0.25, 0.3) is 17.2 Å². The minimum absolute atomic E-state index is 0.285. The zero-order valence-electron chi connectivity index (χ0n) is 19.0. The summed E-state index contributed by atoms with van der Waals surface area (Å²) in [6.45, 7) is 7.00. The van der Waals surface area contributed by atoms with Gasteiger partial charge in [0.05, 0.1) is 18.4 Å². The van der Waals surface area contributed by atoms with Gasteiger partial charge in [-0.3, -0.25) is 0 Å². The molecule has 3 aromatic carbocycles. The van der Waals surface area contributed by atoms with E-state index in [1.807, 2.05) is 48.5 Å². The molecule has 0 atom stereocenters. The molecule has 0 saturated carbocycles. The van der Waals surface area contributed by atoms with E-state index >= 15 is 0 Å². The average molecular weight is 469 g/mol. The van der Waals surface area contributed by atoms with Crippen molar-refractivity contribution in [3.8, 4) is 16.9 Å². The fraction of sp³-hybridized carbons (Fsp3) is 0.0690. The van der Waals surface area contributed by atoms with Crippen LogP contribution in [0.3, 0.4) is 0 Å². The van der Waals surface area contributed by atoms with Crippen LogP contribution >= 0.6 is 0 Å². The van der Waals surface area contributed by atoms with E-state index in [0.717, 1.165) is 34.4 Å². The van der Waals surface area contributed by atoms with Crippen LogP contribution in [-0.2, 0) is 25.5 Å². The molecule has 6 heteroatoms. The van der Waals surface area contributed by atoms with Crippen LogP contribution < -0.4 is 4.74 Å². The average Bonchev–Trinajstić information content (AvgIpc) is 2.90. The predicted molar refractivity (Wildman–Crippen MR) is 133 cm³/mol. The third-order valence-corrected chi connectivity index (χ3v) is 4.91. The molecule has 0 heterocycles. The van der Waals surface area contributed by atoms with Gasteiger partial charge in [-0.25, -0.2) is 14.4 Å². The third-order valence-electron chi connectivity index (χ3n) is 4.91. The molecule has 0 spiro atoms. The Morgan fingerprint density at radius 2 is 1.34 bits per heavy atom. The van der Waals surface area contributed by atoms with E-state index in [0.29, 0.717) is 17.7 Å². The minimum atomic E-state index is -0.518. The predicted octanol–water partition coefficient (Wildman–Crippen LogP) is 5.54. The van der Waals surface area contributed by atoms with Gasteiger partial charge in [-0.2, -0.15) is 0 Å². The fourth-order valence-corrected chi connectivity index (χ4v) is 3.04. The van der Waals surface area contributed by atoms with E-state index in [9.17, 15) is 14.4 Å². The van der Waals surface area contributed by atoms with Crippen molar-refractivity contribution in [2.75, 3.05) is 6.61 Å². The smallest absolute Gasteiger partial charge is 0.342 e. The molecule has 35 heavy (non-hydrogen) atoms. The molecule has 0 N–H and O–H groups in total. The molecule has 0 unspecified atom stereocenters. The highest BCUT2D eigenvalue weighted by Crippen LogP contribution is 2.23. The fourth-order valence-electron chi connectivity index (χ4n) is 3.04. The van der Waals surface area contributed by atoms with Crippen molar-refractivity contribution >= 4 is 24.0 Å². The van der Waals surface area contributed by atoms with Gasteiger partial charge in [0.1, 0.15) is 5.75 Å². The molecule has 176 valence electrons. The van der Waals surface area contributed by atoms with Crippen LogP contribution in [0.4, 0.5) is 0 Å². The Hall–Kier alpha value is -4.71. The number of benzene rings is 3. The van der Waals surface area contributed by atoms with E-state index in [-0.39, 0.29) is 6.61 Å². The van der Waals surface area contributed by atoms with Gasteiger partial charge in [-0.05, 0) is 52.6 Å². The first-order valence-corrected chi connectivity index (χ1v) is 10.8. The van der Waals surface area contributed by atoms with E-state index in [4.69, 9.17) is 14.2 Å². The summed E-state index contributed by atoms with van der Waals surface area (Å²) in [5.41, 5.74) is 4.11. The molecule has 3 rings (SSSR count). The summed E-state index contributed by atoms with van der Waals surface area (Å²) in [5.74, 6) is -1.01. The largest absolute Gasteiger partial charge is 0.462 e. The lowest BCUT2D eigenvalue weighted by Crippen LogP contribution is -2.04. The lowest BCUT2D eigenvalue weighted by Gasteiger charge is -2.06. The van der Waals surface area contributed by atoms with Crippen molar-refractivity contribution in [3.05, 3.63) is 121 Å². The topological polar surface area (TPSA) is 78.9 Å². The van der Waals surface area contributed by atoms with Crippen molar-refractivity contribution in [3.63, 3.8) is 0 Å². The van der Waals surface area contributed by atoms with E-state index in [2.05, 4.69) is 13.2 Å². The maximum Gasteiger partial charge on any atom is 0.342 e. The quantitative estimate of drug-likeness (QED) is 0.168. The number of hydrogen-bond donors (Lipinski definition) is 0. The number of hydrogen-bond acceptors (Lipinski definition) is 6. The van der Waals surface area contributed by atoms with Crippen molar-refractivity contribution in [2.45, 2.75) is 6.42 Å². The molecule has 0 bridgehead atoms. The standard InChI is InChI=1S/C29H24O6/c1-3-27(30)33-19-17-21-5-7-22(8-6-21)18-20-34-29(32)25-11-9-23(10-12-25)24-13-15-26(16-14-24)35-28(31)4-2/h3-16,18,20H,1-2,17,19H2/b20-18+. The third kappa shape index (κ3) is 7.68. The van der Waals surface area contributed by atoms with Crippen molar-refractivity contribution < 1.29 is 28.6 Å². The Balaban J connectivity index is 1.51. The summed E-state index contributed by atoms with van der Waals surface area (Å²) in [6, 6.07) is 21.6. The molecule has 0 aliphatic rings. The second-order valence-corrected chi connectivity index (χ2v) is 7.30. The summed E-state index contributed by atoms with van der Waals surface area (Å²) in [5, 5.41) is 0. The summed E-state index contributed by atoms with van der Waals surface area (Å²) < 4.78 is 15.3. The van der Waals surface area contributed by atoms with E-state index in [1.54, 1.807) is 30.3 Å². The second kappa shape index (κ2) is 12.5. The number of esters is 3. The Kier molecular flexibility index (Phi) is 8.91. The number of rotatable bonds is 10. The van der Waals surface area contributed by atoms with Crippen LogP contribution in [0.5, 0.6) is 5.75 Å². The first kappa shape index (κ1) is 24.9. The lowest BCUT2D eigenvalue weighted by atomic mass is 10.0. The molecule has 3 aromatic rings. The minimum Gasteiger partial charge on any atom is -0.462 e. The molecular weight excluding hydrogens is 444 g/mol. The molecule has 6 nitrogen and oxygen atoms in total. The van der Waals surface area contributed by atoms with Crippen molar-refractivity contribution in [1.29, 1.82) is 0 Å². The molecule has 0 aliphatic carbocycles. The highest BCUT2D eigenvalue weighted by molar-refractivity contribution is 5.90. The second-order valence-electron chi connectivity index (χ2n) is 7.30. The molecule has 0 fully saturated rings. The van der Waals surface area contributed by atoms with Gasteiger partial charge in [0.25, 0.3) is 0 Å². The summed E-state index contributed by atoms with van der Waals surface area (Å²) in [6.07, 6.45) is 5.87. The highest BCUT2D eigenvalue weighted by atomic mass is 16.5. The Morgan fingerprint density at radius 3 is 1.94 bits per heavy atom. The number of ether oxygens (including phenoxy) is 3. The zero-order valence-corrected chi connectivity index (χ0v) is 19.0.